The zero-order valence-corrected chi connectivity index (χ0v) is 16.6. The second kappa shape index (κ2) is 5.98. The second-order valence-electron chi connectivity index (χ2n) is 8.29. The minimum Gasteiger partial charge on any atom is -0.454 e. The van der Waals surface area contributed by atoms with Crippen LogP contribution in [-0.4, -0.2) is 59.1 Å². The quantitative estimate of drug-likeness (QED) is 0.698. The highest BCUT2D eigenvalue weighted by Gasteiger charge is 2.69. The molecule has 0 spiro atoms. The van der Waals surface area contributed by atoms with Gasteiger partial charge in [-0.05, 0) is 23.8 Å². The number of carbonyl (C=O) groups is 3. The molecule has 2 unspecified atom stereocenters. The van der Waals surface area contributed by atoms with Gasteiger partial charge in [-0.2, -0.15) is 0 Å². The molecule has 9 heteroatoms. The number of piperazine rings is 1. The fraction of sp³-hybridized carbons (Fsp3) is 0.318. The number of anilines is 1. The molecule has 158 valence electrons. The number of benzene rings is 2. The Morgan fingerprint density at radius 1 is 1.10 bits per heavy atom. The highest BCUT2D eigenvalue weighted by atomic mass is 16.7. The third-order valence-electron chi connectivity index (χ3n) is 6.69. The smallest absolute Gasteiger partial charge is 0.246 e. The Hall–Kier alpha value is -3.59. The maximum atomic E-state index is 13.2. The van der Waals surface area contributed by atoms with Crippen LogP contribution in [0.2, 0.25) is 0 Å². The summed E-state index contributed by atoms with van der Waals surface area (Å²) >= 11 is 0. The number of aliphatic hydroxyl groups is 1. The lowest BCUT2D eigenvalue weighted by Crippen LogP contribution is -2.59. The number of ether oxygens (including phenoxy) is 2. The number of nitrogens with zero attached hydrogens (tertiary/aromatic N) is 2. The van der Waals surface area contributed by atoms with E-state index in [9.17, 15) is 19.5 Å². The topological polar surface area (TPSA) is 108 Å². The first kappa shape index (κ1) is 18.2. The minimum atomic E-state index is -1.80. The number of likely N-dealkylation sites (N-methyl/N-ethyl adjacent to an activating group) is 1. The molecule has 2 N–H and O–H groups in total. The average Bonchev–Trinajstić information content (AvgIpc) is 3.32. The summed E-state index contributed by atoms with van der Waals surface area (Å²) in [5.74, 6) is -1.30. The number of rotatable bonds is 1. The van der Waals surface area contributed by atoms with Crippen molar-refractivity contribution in [2.45, 2.75) is 17.7 Å². The summed E-state index contributed by atoms with van der Waals surface area (Å²) in [5, 5.41) is 15.1. The second-order valence-corrected chi connectivity index (χ2v) is 8.29. The van der Waals surface area contributed by atoms with Crippen LogP contribution in [-0.2, 0) is 20.0 Å². The van der Waals surface area contributed by atoms with E-state index in [1.807, 2.05) is 0 Å². The van der Waals surface area contributed by atoms with Crippen molar-refractivity contribution < 1.29 is 29.0 Å². The molecular formula is C22H19N3O6. The summed E-state index contributed by atoms with van der Waals surface area (Å²) in [7, 11) is 1.53. The molecule has 3 amide bonds. The molecular weight excluding hydrogens is 402 g/mol. The largest absolute Gasteiger partial charge is 0.454 e. The molecule has 0 aromatic heterocycles. The molecule has 2 saturated heterocycles. The number of hydrogen-bond acceptors (Lipinski definition) is 6. The van der Waals surface area contributed by atoms with Gasteiger partial charge in [0, 0.05) is 18.3 Å². The van der Waals surface area contributed by atoms with Gasteiger partial charge in [0.2, 0.25) is 24.5 Å². The molecule has 0 saturated carbocycles. The fourth-order valence-corrected chi connectivity index (χ4v) is 5.40. The third kappa shape index (κ3) is 2.21. The van der Waals surface area contributed by atoms with Gasteiger partial charge in [0.05, 0.1) is 12.6 Å². The normalized spacial score (nSPS) is 30.6. The van der Waals surface area contributed by atoms with E-state index in [2.05, 4.69) is 5.32 Å². The summed E-state index contributed by atoms with van der Waals surface area (Å²) in [4.78, 5) is 42.2. The van der Waals surface area contributed by atoms with Crippen molar-refractivity contribution >= 4 is 23.4 Å². The molecule has 2 aromatic carbocycles. The molecule has 0 radical (unpaired) electrons. The molecule has 2 aromatic rings. The number of amides is 3. The molecule has 4 atom stereocenters. The van der Waals surface area contributed by atoms with Crippen molar-refractivity contribution in [2.24, 2.45) is 5.92 Å². The SMILES string of the molecule is CN1CC(=O)N2[C@@H](C1=O)C1C(=O)Nc3ccccc3C1(O)[C@H]2c1ccc2c(c1)OCO2. The van der Waals surface area contributed by atoms with Gasteiger partial charge in [-0.15, -0.1) is 0 Å². The van der Waals surface area contributed by atoms with E-state index < -0.39 is 29.5 Å². The first-order valence-corrected chi connectivity index (χ1v) is 9.99. The zero-order chi connectivity index (χ0) is 21.5. The molecule has 9 nitrogen and oxygen atoms in total. The van der Waals surface area contributed by atoms with Crippen LogP contribution in [0.4, 0.5) is 5.69 Å². The highest BCUT2D eigenvalue weighted by Crippen LogP contribution is 2.58. The molecule has 2 fully saturated rings. The third-order valence-corrected chi connectivity index (χ3v) is 6.69. The van der Waals surface area contributed by atoms with Crippen molar-refractivity contribution in [3.05, 3.63) is 53.6 Å². The van der Waals surface area contributed by atoms with Crippen molar-refractivity contribution in [3.8, 4) is 11.5 Å². The van der Waals surface area contributed by atoms with E-state index in [0.29, 0.717) is 28.3 Å². The van der Waals surface area contributed by atoms with Crippen LogP contribution in [0.1, 0.15) is 17.2 Å². The minimum absolute atomic E-state index is 0.0795. The van der Waals surface area contributed by atoms with Gasteiger partial charge in [-0.3, -0.25) is 14.4 Å². The molecule has 0 aliphatic carbocycles. The first-order chi connectivity index (χ1) is 14.9. The molecule has 4 aliphatic heterocycles. The maximum absolute atomic E-state index is 13.2. The van der Waals surface area contributed by atoms with Gasteiger partial charge in [0.1, 0.15) is 17.6 Å². The lowest BCUT2D eigenvalue weighted by atomic mass is 9.72. The standard InChI is InChI=1S/C22H19N3O6/c1-24-9-16(26)25-18(21(24)28)17-20(27)23-13-5-3-2-4-12(13)22(17,29)19(25)11-6-7-14-15(8-11)31-10-30-14/h2-8,17-19,29H,9-10H2,1H3,(H,23,27)/t17?,18-,19-,22?/m1/s1. The number of hydrogen-bond donors (Lipinski definition) is 2. The lowest BCUT2D eigenvalue weighted by Gasteiger charge is -2.40. The fourth-order valence-electron chi connectivity index (χ4n) is 5.40. The van der Waals surface area contributed by atoms with Gasteiger partial charge in [-0.1, -0.05) is 24.3 Å². The zero-order valence-electron chi connectivity index (χ0n) is 16.6. The van der Waals surface area contributed by atoms with E-state index in [4.69, 9.17) is 9.47 Å². The van der Waals surface area contributed by atoms with Crippen LogP contribution in [0.25, 0.3) is 0 Å². The Morgan fingerprint density at radius 3 is 2.71 bits per heavy atom. The maximum Gasteiger partial charge on any atom is 0.246 e. The lowest BCUT2D eigenvalue weighted by molar-refractivity contribution is -0.156. The molecule has 4 heterocycles. The van der Waals surface area contributed by atoms with Crippen molar-refractivity contribution in [1.29, 1.82) is 0 Å². The van der Waals surface area contributed by atoms with Crippen LogP contribution >= 0.6 is 0 Å². The first-order valence-electron chi connectivity index (χ1n) is 9.99. The monoisotopic (exact) mass is 421 g/mol. The Labute approximate surface area is 177 Å². The summed E-state index contributed by atoms with van der Waals surface area (Å²) in [5.41, 5.74) is -0.298. The van der Waals surface area contributed by atoms with Gasteiger partial charge >= 0.3 is 0 Å². The Balaban J connectivity index is 1.62. The Kier molecular flexibility index (Phi) is 3.51. The number of fused-ring (bicyclic) bond motifs is 6. The molecule has 31 heavy (non-hydrogen) atoms. The summed E-state index contributed by atoms with van der Waals surface area (Å²) in [6.07, 6.45) is 0. The van der Waals surface area contributed by atoms with Crippen molar-refractivity contribution in [1.82, 2.24) is 9.80 Å². The van der Waals surface area contributed by atoms with Crippen LogP contribution in [0.5, 0.6) is 11.5 Å². The number of nitrogens with one attached hydrogen (secondary N) is 1. The van der Waals surface area contributed by atoms with E-state index in [0.717, 1.165) is 0 Å². The van der Waals surface area contributed by atoms with Gasteiger partial charge in [0.15, 0.2) is 11.5 Å². The summed E-state index contributed by atoms with van der Waals surface area (Å²) in [6, 6.07) is 10.0. The van der Waals surface area contributed by atoms with Crippen LogP contribution in [0.15, 0.2) is 42.5 Å². The molecule has 4 aliphatic rings. The van der Waals surface area contributed by atoms with Gasteiger partial charge in [-0.25, -0.2) is 0 Å². The van der Waals surface area contributed by atoms with E-state index in [1.165, 1.54) is 16.8 Å². The van der Waals surface area contributed by atoms with E-state index in [-0.39, 0.29) is 25.2 Å². The van der Waals surface area contributed by atoms with Crippen LogP contribution < -0.4 is 14.8 Å². The molecule has 0 bridgehead atoms. The summed E-state index contributed by atoms with van der Waals surface area (Å²) in [6.45, 7) is -0.0431. The summed E-state index contributed by atoms with van der Waals surface area (Å²) < 4.78 is 10.9. The highest BCUT2D eigenvalue weighted by molar-refractivity contribution is 6.05. The van der Waals surface area contributed by atoms with Crippen molar-refractivity contribution in [3.63, 3.8) is 0 Å². The Bertz CT molecular complexity index is 1170. The van der Waals surface area contributed by atoms with Crippen LogP contribution in [0.3, 0.4) is 0 Å². The van der Waals surface area contributed by atoms with Gasteiger partial charge < -0.3 is 29.7 Å². The van der Waals surface area contributed by atoms with Crippen molar-refractivity contribution in [2.75, 3.05) is 25.7 Å². The molecule has 6 rings (SSSR count). The Morgan fingerprint density at radius 2 is 1.87 bits per heavy atom. The number of para-hydroxylation sites is 1. The number of carbonyl (C=O) groups excluding carboxylic acids is 3. The average molecular weight is 421 g/mol. The van der Waals surface area contributed by atoms with E-state index >= 15 is 0 Å². The van der Waals surface area contributed by atoms with Crippen LogP contribution in [0, 0.1) is 5.92 Å². The predicted molar refractivity (Wildman–Crippen MR) is 106 cm³/mol. The predicted octanol–water partition coefficient (Wildman–Crippen LogP) is 0.595. The van der Waals surface area contributed by atoms with E-state index in [1.54, 1.807) is 42.5 Å². The van der Waals surface area contributed by atoms with Gasteiger partial charge in [0.25, 0.3) is 0 Å².